The molecule has 2 aromatic carbocycles. The van der Waals surface area contributed by atoms with E-state index in [0.29, 0.717) is 37.3 Å². The lowest BCUT2D eigenvalue weighted by atomic mass is 9.95. The molecule has 0 atom stereocenters. The summed E-state index contributed by atoms with van der Waals surface area (Å²) in [6.07, 6.45) is 4.58. The third-order valence-corrected chi connectivity index (χ3v) is 7.33. The Morgan fingerprint density at radius 1 is 1.06 bits per heavy atom. The Balaban J connectivity index is 1.40. The van der Waals surface area contributed by atoms with Gasteiger partial charge in [-0.1, -0.05) is 30.0 Å². The molecule has 9 nitrogen and oxygen atoms in total. The largest absolute Gasteiger partial charge is 0.337 e. The Hall–Kier alpha value is -3.15. The molecule has 1 fully saturated rings. The monoisotopic (exact) mass is 499 g/mol. The third-order valence-electron chi connectivity index (χ3n) is 5.75. The fraction of sp³-hybridized carbons (Fsp3) is 0.261. The summed E-state index contributed by atoms with van der Waals surface area (Å²) in [6, 6.07) is 15.3. The van der Waals surface area contributed by atoms with Gasteiger partial charge in [0, 0.05) is 30.4 Å². The van der Waals surface area contributed by atoms with Gasteiger partial charge < -0.3 is 10.2 Å². The van der Waals surface area contributed by atoms with Crippen molar-refractivity contribution in [3.8, 4) is 5.69 Å². The van der Waals surface area contributed by atoms with Crippen LogP contribution in [0.4, 0.5) is 5.69 Å². The van der Waals surface area contributed by atoms with Crippen molar-refractivity contribution < 1.29 is 18.0 Å². The topological polar surface area (TPSA) is 127 Å². The molecule has 2 amide bonds. The number of hydrogen-bond acceptors (Lipinski definition) is 6. The first-order chi connectivity index (χ1) is 16.3. The quantitative estimate of drug-likeness (QED) is 0.502. The van der Waals surface area contributed by atoms with Crippen molar-refractivity contribution in [1.29, 1.82) is 0 Å². The van der Waals surface area contributed by atoms with Crippen LogP contribution in [-0.2, 0) is 14.8 Å². The number of nitrogens with one attached hydrogen (secondary N) is 1. The van der Waals surface area contributed by atoms with Crippen LogP contribution in [0.5, 0.6) is 0 Å². The second-order valence-electron chi connectivity index (χ2n) is 7.93. The molecular weight excluding hydrogens is 474 g/mol. The van der Waals surface area contributed by atoms with Crippen molar-refractivity contribution >= 4 is 39.3 Å². The smallest absolute Gasteiger partial charge is 0.272 e. The van der Waals surface area contributed by atoms with E-state index in [1.165, 1.54) is 36.0 Å². The highest BCUT2D eigenvalue weighted by Crippen LogP contribution is 2.25. The molecule has 178 valence electrons. The number of piperidine rings is 1. The minimum absolute atomic E-state index is 0.0170. The van der Waals surface area contributed by atoms with Crippen LogP contribution in [0.15, 0.2) is 70.8 Å². The zero-order valence-electron chi connectivity index (χ0n) is 18.5. The fourth-order valence-corrected chi connectivity index (χ4v) is 5.00. The number of rotatable bonds is 6. The van der Waals surface area contributed by atoms with Crippen molar-refractivity contribution in [3.63, 3.8) is 0 Å². The minimum atomic E-state index is -3.78. The van der Waals surface area contributed by atoms with Gasteiger partial charge in [-0.2, -0.15) is 0 Å². The fourth-order valence-electron chi connectivity index (χ4n) is 3.94. The number of hydrogen-bond donors (Lipinski definition) is 2. The lowest BCUT2D eigenvalue weighted by molar-refractivity contribution is -0.121. The molecule has 1 aromatic heterocycles. The average Bonchev–Trinajstić information content (AvgIpc) is 3.28. The van der Waals surface area contributed by atoms with Crippen molar-refractivity contribution in [3.05, 3.63) is 66.5 Å². The highest BCUT2D eigenvalue weighted by atomic mass is 32.2. The molecule has 1 aliphatic rings. The third kappa shape index (κ3) is 5.16. The van der Waals surface area contributed by atoms with Crippen molar-refractivity contribution in [2.45, 2.75) is 22.9 Å². The molecule has 3 aromatic rings. The van der Waals surface area contributed by atoms with Crippen molar-refractivity contribution in [1.82, 2.24) is 14.5 Å². The van der Waals surface area contributed by atoms with Crippen LogP contribution in [0.3, 0.4) is 0 Å². The number of primary sulfonamides is 1. The summed E-state index contributed by atoms with van der Waals surface area (Å²) < 4.78 is 24.6. The zero-order chi connectivity index (χ0) is 24.3. The van der Waals surface area contributed by atoms with Crippen LogP contribution >= 0.6 is 11.8 Å². The molecule has 4 rings (SSSR count). The zero-order valence-corrected chi connectivity index (χ0v) is 20.2. The second-order valence-corrected chi connectivity index (χ2v) is 10.3. The summed E-state index contributed by atoms with van der Waals surface area (Å²) in [7, 11) is -3.78. The molecule has 0 saturated carbocycles. The highest BCUT2D eigenvalue weighted by molar-refractivity contribution is 7.98. The maximum Gasteiger partial charge on any atom is 0.272 e. The first kappa shape index (κ1) is 24.0. The van der Waals surface area contributed by atoms with Crippen LogP contribution in [0.1, 0.15) is 23.3 Å². The number of amides is 2. The summed E-state index contributed by atoms with van der Waals surface area (Å²) in [5.41, 5.74) is 1.86. The summed E-state index contributed by atoms with van der Waals surface area (Å²) >= 11 is 1.47. The van der Waals surface area contributed by atoms with Crippen LogP contribution < -0.4 is 10.5 Å². The van der Waals surface area contributed by atoms with Gasteiger partial charge in [0.15, 0.2) is 5.16 Å². The van der Waals surface area contributed by atoms with Crippen molar-refractivity contribution in [2.75, 3.05) is 24.7 Å². The number of carbonyl (C=O) groups is 2. The number of anilines is 1. The van der Waals surface area contributed by atoms with E-state index in [4.69, 9.17) is 5.14 Å². The number of carbonyl (C=O) groups excluding carboxylic acids is 2. The Morgan fingerprint density at radius 2 is 1.71 bits per heavy atom. The molecule has 0 radical (unpaired) electrons. The van der Waals surface area contributed by atoms with E-state index in [1.54, 1.807) is 11.1 Å². The molecule has 2 heterocycles. The van der Waals surface area contributed by atoms with E-state index < -0.39 is 10.0 Å². The molecule has 0 aliphatic carbocycles. The number of benzene rings is 2. The van der Waals surface area contributed by atoms with Gasteiger partial charge in [0.2, 0.25) is 15.9 Å². The Kier molecular flexibility index (Phi) is 7.05. The number of thioether (sulfide) groups is 1. The van der Waals surface area contributed by atoms with Crippen LogP contribution in [-0.4, -0.2) is 54.0 Å². The molecule has 0 spiro atoms. The van der Waals surface area contributed by atoms with Crippen molar-refractivity contribution in [2.24, 2.45) is 11.1 Å². The first-order valence-corrected chi connectivity index (χ1v) is 13.4. The maximum atomic E-state index is 13.3. The van der Waals surface area contributed by atoms with Gasteiger partial charge in [-0.3, -0.25) is 14.2 Å². The Bertz CT molecular complexity index is 1280. The molecule has 0 bridgehead atoms. The van der Waals surface area contributed by atoms with Gasteiger partial charge in [-0.15, -0.1) is 0 Å². The average molecular weight is 500 g/mol. The standard InChI is InChI=1S/C23H25N5O4S2/c1-33-23-25-15-20(28(23)18-5-3-2-4-6-18)22(30)27-13-11-16(12-14-27)21(29)26-17-7-9-19(10-8-17)34(24,31)32/h2-10,15-16H,11-14H2,1H3,(H,26,29)(H2,24,31,32). The van der Waals surface area contributed by atoms with Gasteiger partial charge in [-0.25, -0.2) is 18.5 Å². The van der Waals surface area contributed by atoms with Gasteiger partial charge in [0.05, 0.1) is 11.1 Å². The predicted octanol–water partition coefficient (Wildman–Crippen LogP) is 2.73. The molecular formula is C23H25N5O4S2. The molecule has 34 heavy (non-hydrogen) atoms. The molecule has 11 heteroatoms. The van der Waals surface area contributed by atoms with E-state index in [2.05, 4.69) is 10.3 Å². The Morgan fingerprint density at radius 3 is 2.29 bits per heavy atom. The Labute approximate surface area is 202 Å². The molecule has 1 saturated heterocycles. The van der Waals surface area contributed by atoms with Crippen LogP contribution in [0, 0.1) is 5.92 Å². The van der Waals surface area contributed by atoms with Gasteiger partial charge in [-0.05, 0) is 55.5 Å². The van der Waals surface area contributed by atoms with E-state index in [1.807, 2.05) is 41.2 Å². The summed E-state index contributed by atoms with van der Waals surface area (Å²) in [6.45, 7) is 0.908. The summed E-state index contributed by atoms with van der Waals surface area (Å²) in [5, 5.41) is 8.65. The molecule has 0 unspecified atom stereocenters. The van der Waals surface area contributed by atoms with E-state index in [-0.39, 0.29) is 22.6 Å². The van der Waals surface area contributed by atoms with Crippen LogP contribution in [0.25, 0.3) is 5.69 Å². The molecule has 3 N–H and O–H groups in total. The number of sulfonamides is 1. The number of aromatic nitrogens is 2. The lowest BCUT2D eigenvalue weighted by Gasteiger charge is -2.31. The number of imidazole rings is 1. The summed E-state index contributed by atoms with van der Waals surface area (Å²) in [5.74, 6) is -0.522. The van der Waals surface area contributed by atoms with Gasteiger partial charge >= 0.3 is 0 Å². The lowest BCUT2D eigenvalue weighted by Crippen LogP contribution is -2.42. The minimum Gasteiger partial charge on any atom is -0.337 e. The number of likely N-dealkylation sites (tertiary alicyclic amines) is 1. The summed E-state index contributed by atoms with van der Waals surface area (Å²) in [4.78, 5) is 32.1. The number of para-hydroxylation sites is 1. The number of nitrogens with zero attached hydrogens (tertiary/aromatic N) is 3. The van der Waals surface area contributed by atoms with Gasteiger partial charge in [0.25, 0.3) is 5.91 Å². The number of nitrogens with two attached hydrogens (primary N) is 1. The maximum absolute atomic E-state index is 13.3. The van der Waals surface area contributed by atoms with Crippen LogP contribution in [0.2, 0.25) is 0 Å². The van der Waals surface area contributed by atoms with Gasteiger partial charge in [0.1, 0.15) is 5.69 Å². The first-order valence-electron chi connectivity index (χ1n) is 10.7. The molecule has 1 aliphatic heterocycles. The van der Waals surface area contributed by atoms with E-state index in [0.717, 1.165) is 10.8 Å². The van der Waals surface area contributed by atoms with E-state index in [9.17, 15) is 18.0 Å². The highest BCUT2D eigenvalue weighted by Gasteiger charge is 2.30. The normalized spacial score (nSPS) is 14.7. The SMILES string of the molecule is CSc1ncc(C(=O)N2CCC(C(=O)Nc3ccc(S(N)(=O)=O)cc3)CC2)n1-c1ccccc1. The second kappa shape index (κ2) is 10.00. The van der Waals surface area contributed by atoms with E-state index >= 15 is 0 Å². The predicted molar refractivity (Wildman–Crippen MR) is 130 cm³/mol.